The van der Waals surface area contributed by atoms with Gasteiger partial charge in [0.2, 0.25) is 11.8 Å². The Hall–Kier alpha value is -1.43. The molecule has 17 heavy (non-hydrogen) atoms. The average molecular weight is 238 g/mol. The first-order valence-electron chi connectivity index (χ1n) is 5.93. The summed E-state index contributed by atoms with van der Waals surface area (Å²) in [5.74, 6) is 1.23. The lowest BCUT2D eigenvalue weighted by Gasteiger charge is -2.22. The van der Waals surface area contributed by atoms with E-state index in [1.165, 1.54) is 0 Å². The molecule has 6 heteroatoms. The molecule has 6 nitrogen and oxygen atoms in total. The maximum atomic E-state index is 11.9. The molecule has 94 valence electrons. The molecule has 0 spiro atoms. The van der Waals surface area contributed by atoms with Crippen LogP contribution < -0.4 is 10.6 Å². The van der Waals surface area contributed by atoms with Gasteiger partial charge in [0.25, 0.3) is 0 Å². The summed E-state index contributed by atoms with van der Waals surface area (Å²) in [6.45, 7) is 5.14. The van der Waals surface area contributed by atoms with Gasteiger partial charge in [-0.3, -0.25) is 4.79 Å². The van der Waals surface area contributed by atoms with E-state index in [1.54, 1.807) is 6.92 Å². The van der Waals surface area contributed by atoms with Gasteiger partial charge >= 0.3 is 0 Å². The molecule has 1 aromatic rings. The van der Waals surface area contributed by atoms with Crippen LogP contribution in [0.15, 0.2) is 4.52 Å². The first kappa shape index (κ1) is 12.0. The average Bonchev–Trinajstić information content (AvgIpc) is 2.89. The van der Waals surface area contributed by atoms with Gasteiger partial charge in [-0.05, 0) is 33.2 Å². The van der Waals surface area contributed by atoms with Crippen molar-refractivity contribution in [2.45, 2.75) is 38.6 Å². The molecule has 0 saturated carbocycles. The largest absolute Gasteiger partial charge is 0.354 e. The molecule has 0 aliphatic carbocycles. The van der Waals surface area contributed by atoms with E-state index in [0.29, 0.717) is 24.7 Å². The Bertz CT molecular complexity index is 396. The van der Waals surface area contributed by atoms with E-state index in [0.717, 1.165) is 19.4 Å². The van der Waals surface area contributed by atoms with Crippen LogP contribution >= 0.6 is 0 Å². The second-order valence-electron chi connectivity index (χ2n) is 4.60. The maximum Gasteiger partial charge on any atom is 0.240 e. The molecule has 0 aromatic carbocycles. The highest BCUT2D eigenvalue weighted by atomic mass is 16.5. The summed E-state index contributed by atoms with van der Waals surface area (Å²) in [5.41, 5.74) is -0.412. The first-order chi connectivity index (χ1) is 8.10. The standard InChI is InChI=1S/C11H18N4O2/c1-8-14-9(17-15-8)4-7-12-10(16)11(2)5-3-6-13-11/h13H,3-7H2,1-2H3,(H,12,16). The summed E-state index contributed by atoms with van der Waals surface area (Å²) in [4.78, 5) is 16.0. The van der Waals surface area contributed by atoms with Gasteiger partial charge in [0.1, 0.15) is 0 Å². The van der Waals surface area contributed by atoms with Crippen molar-refractivity contribution in [3.05, 3.63) is 11.7 Å². The molecular weight excluding hydrogens is 220 g/mol. The zero-order valence-electron chi connectivity index (χ0n) is 10.2. The minimum Gasteiger partial charge on any atom is -0.354 e. The van der Waals surface area contributed by atoms with Crippen molar-refractivity contribution in [1.29, 1.82) is 0 Å². The summed E-state index contributed by atoms with van der Waals surface area (Å²) >= 11 is 0. The number of amides is 1. The fourth-order valence-corrected chi connectivity index (χ4v) is 2.01. The Kier molecular flexibility index (Phi) is 3.42. The summed E-state index contributed by atoms with van der Waals surface area (Å²) in [6, 6.07) is 0. The number of aryl methyl sites for hydroxylation is 1. The summed E-state index contributed by atoms with van der Waals surface area (Å²) in [7, 11) is 0. The van der Waals surface area contributed by atoms with Gasteiger partial charge in [-0.25, -0.2) is 0 Å². The Morgan fingerprint density at radius 3 is 3.06 bits per heavy atom. The van der Waals surface area contributed by atoms with Crippen LogP contribution in [-0.2, 0) is 11.2 Å². The minimum absolute atomic E-state index is 0.0474. The number of aromatic nitrogens is 2. The fraction of sp³-hybridized carbons (Fsp3) is 0.727. The Labute approximate surface area is 100 Å². The quantitative estimate of drug-likeness (QED) is 0.782. The van der Waals surface area contributed by atoms with Gasteiger partial charge in [0.05, 0.1) is 5.54 Å². The monoisotopic (exact) mass is 238 g/mol. The van der Waals surface area contributed by atoms with Crippen molar-refractivity contribution in [3.63, 3.8) is 0 Å². The highest BCUT2D eigenvalue weighted by Crippen LogP contribution is 2.18. The molecule has 1 aliphatic heterocycles. The number of carbonyl (C=O) groups excluding carboxylic acids is 1. The van der Waals surface area contributed by atoms with Crippen LogP contribution in [-0.4, -0.2) is 34.7 Å². The molecule has 2 rings (SSSR count). The SMILES string of the molecule is Cc1noc(CCNC(=O)C2(C)CCCN2)n1. The van der Waals surface area contributed by atoms with Crippen molar-refractivity contribution < 1.29 is 9.32 Å². The lowest BCUT2D eigenvalue weighted by Crippen LogP contribution is -2.51. The van der Waals surface area contributed by atoms with Crippen molar-refractivity contribution in [2.75, 3.05) is 13.1 Å². The van der Waals surface area contributed by atoms with Crippen LogP contribution in [0, 0.1) is 6.92 Å². The zero-order chi connectivity index (χ0) is 12.3. The molecule has 1 unspecified atom stereocenters. The van der Waals surface area contributed by atoms with Crippen LogP contribution in [0.3, 0.4) is 0 Å². The van der Waals surface area contributed by atoms with Gasteiger partial charge < -0.3 is 15.2 Å². The van der Waals surface area contributed by atoms with Crippen molar-refractivity contribution in [2.24, 2.45) is 0 Å². The molecule has 2 N–H and O–H groups in total. The smallest absolute Gasteiger partial charge is 0.240 e. The molecule has 0 radical (unpaired) electrons. The molecule has 1 aromatic heterocycles. The number of nitrogens with one attached hydrogen (secondary N) is 2. The molecule has 1 saturated heterocycles. The van der Waals surface area contributed by atoms with Crippen LogP contribution in [0.2, 0.25) is 0 Å². The predicted molar refractivity (Wildman–Crippen MR) is 61.4 cm³/mol. The molecule has 0 bridgehead atoms. The van der Waals surface area contributed by atoms with Crippen LogP contribution in [0.25, 0.3) is 0 Å². The van der Waals surface area contributed by atoms with Crippen molar-refractivity contribution in [1.82, 2.24) is 20.8 Å². The van der Waals surface area contributed by atoms with Gasteiger partial charge in [0, 0.05) is 13.0 Å². The third-order valence-corrected chi connectivity index (χ3v) is 3.06. The Balaban J connectivity index is 1.77. The van der Waals surface area contributed by atoms with Crippen LogP contribution in [0.5, 0.6) is 0 Å². The summed E-state index contributed by atoms with van der Waals surface area (Å²) in [5, 5.41) is 9.81. The van der Waals surface area contributed by atoms with E-state index in [4.69, 9.17) is 4.52 Å². The lowest BCUT2D eigenvalue weighted by molar-refractivity contribution is -0.126. The van der Waals surface area contributed by atoms with Crippen LogP contribution in [0.4, 0.5) is 0 Å². The van der Waals surface area contributed by atoms with E-state index in [2.05, 4.69) is 20.8 Å². The van der Waals surface area contributed by atoms with Crippen molar-refractivity contribution >= 4 is 5.91 Å². The fourth-order valence-electron chi connectivity index (χ4n) is 2.01. The summed E-state index contributed by atoms with van der Waals surface area (Å²) < 4.78 is 4.97. The number of nitrogens with zero attached hydrogens (tertiary/aromatic N) is 2. The van der Waals surface area contributed by atoms with Gasteiger partial charge in [-0.1, -0.05) is 5.16 Å². The lowest BCUT2D eigenvalue weighted by atomic mass is 9.99. The zero-order valence-corrected chi connectivity index (χ0v) is 10.2. The first-order valence-corrected chi connectivity index (χ1v) is 5.93. The molecule has 1 atom stereocenters. The molecule has 1 fully saturated rings. The molecule has 2 heterocycles. The van der Waals surface area contributed by atoms with E-state index in [9.17, 15) is 4.79 Å². The predicted octanol–water partition coefficient (Wildman–Crippen LogP) is 0.179. The second-order valence-corrected chi connectivity index (χ2v) is 4.60. The van der Waals surface area contributed by atoms with E-state index >= 15 is 0 Å². The third-order valence-electron chi connectivity index (χ3n) is 3.06. The molecule has 1 amide bonds. The maximum absolute atomic E-state index is 11.9. The third kappa shape index (κ3) is 2.82. The highest BCUT2D eigenvalue weighted by Gasteiger charge is 2.35. The highest BCUT2D eigenvalue weighted by molar-refractivity contribution is 5.86. The molecular formula is C11H18N4O2. The Morgan fingerprint density at radius 1 is 1.65 bits per heavy atom. The Morgan fingerprint density at radius 2 is 2.47 bits per heavy atom. The second kappa shape index (κ2) is 4.83. The van der Waals surface area contributed by atoms with E-state index in [-0.39, 0.29) is 5.91 Å². The summed E-state index contributed by atoms with van der Waals surface area (Å²) in [6.07, 6.45) is 2.51. The van der Waals surface area contributed by atoms with Gasteiger partial charge in [-0.15, -0.1) is 0 Å². The van der Waals surface area contributed by atoms with Crippen LogP contribution in [0.1, 0.15) is 31.5 Å². The van der Waals surface area contributed by atoms with E-state index < -0.39 is 5.54 Å². The minimum atomic E-state index is -0.412. The van der Waals surface area contributed by atoms with Gasteiger partial charge in [-0.2, -0.15) is 4.98 Å². The number of hydrogen-bond donors (Lipinski definition) is 2. The van der Waals surface area contributed by atoms with E-state index in [1.807, 2.05) is 6.92 Å². The van der Waals surface area contributed by atoms with Crippen molar-refractivity contribution in [3.8, 4) is 0 Å². The molecule has 1 aliphatic rings. The number of hydrogen-bond acceptors (Lipinski definition) is 5. The number of carbonyl (C=O) groups is 1. The normalized spacial score (nSPS) is 23.9. The topological polar surface area (TPSA) is 80.0 Å². The van der Waals surface area contributed by atoms with Gasteiger partial charge in [0.15, 0.2) is 5.82 Å². The number of rotatable bonds is 4.